The molecule has 1 unspecified atom stereocenters. The molecule has 1 heterocycles. The second-order valence-electron chi connectivity index (χ2n) is 6.07. The number of hydrogen-bond donors (Lipinski definition) is 1. The van der Waals surface area contributed by atoms with Crippen LogP contribution in [0, 0.1) is 5.82 Å². The van der Waals surface area contributed by atoms with Crippen LogP contribution >= 0.6 is 0 Å². The number of benzene rings is 2. The first kappa shape index (κ1) is 18.2. The number of halogens is 1. The highest BCUT2D eigenvalue weighted by Gasteiger charge is 2.16. The summed E-state index contributed by atoms with van der Waals surface area (Å²) in [4.78, 5) is 12.0. The van der Waals surface area contributed by atoms with E-state index in [1.807, 2.05) is 12.1 Å². The number of carbonyl (C=O) groups excluding carboxylic acids is 1. The number of anilines is 1. The number of rotatable bonds is 8. The van der Waals surface area contributed by atoms with Crippen LogP contribution in [0.15, 0.2) is 48.5 Å². The van der Waals surface area contributed by atoms with Crippen LogP contribution in [-0.4, -0.2) is 31.8 Å². The summed E-state index contributed by atoms with van der Waals surface area (Å²) in [5.41, 5.74) is 0.668. The third kappa shape index (κ3) is 5.74. The zero-order valence-corrected chi connectivity index (χ0v) is 14.4. The summed E-state index contributed by atoms with van der Waals surface area (Å²) in [6.07, 6.45) is 2.43. The van der Waals surface area contributed by atoms with Gasteiger partial charge in [-0.1, -0.05) is 6.07 Å². The molecule has 0 radical (unpaired) electrons. The lowest BCUT2D eigenvalue weighted by Crippen LogP contribution is -2.17. The Morgan fingerprint density at radius 1 is 1.15 bits per heavy atom. The van der Waals surface area contributed by atoms with Gasteiger partial charge in [-0.3, -0.25) is 4.79 Å². The number of carbonyl (C=O) groups is 1. The maximum absolute atomic E-state index is 12.8. The molecule has 1 aliphatic rings. The molecule has 5 nitrogen and oxygen atoms in total. The van der Waals surface area contributed by atoms with Crippen LogP contribution < -0.4 is 14.8 Å². The van der Waals surface area contributed by atoms with Crippen molar-refractivity contribution in [3.05, 3.63) is 54.3 Å². The summed E-state index contributed by atoms with van der Waals surface area (Å²) >= 11 is 0. The molecule has 0 spiro atoms. The first-order valence-corrected chi connectivity index (χ1v) is 8.72. The molecule has 138 valence electrons. The van der Waals surface area contributed by atoms with Gasteiger partial charge in [-0.05, 0) is 49.2 Å². The van der Waals surface area contributed by atoms with Crippen LogP contribution in [0.4, 0.5) is 10.1 Å². The van der Waals surface area contributed by atoms with Gasteiger partial charge in [0, 0.05) is 18.4 Å². The zero-order chi connectivity index (χ0) is 18.2. The largest absolute Gasteiger partial charge is 0.493 e. The molecule has 1 atom stereocenters. The second-order valence-corrected chi connectivity index (χ2v) is 6.07. The van der Waals surface area contributed by atoms with E-state index in [4.69, 9.17) is 14.2 Å². The van der Waals surface area contributed by atoms with E-state index >= 15 is 0 Å². The monoisotopic (exact) mass is 359 g/mol. The molecule has 1 amide bonds. The normalized spacial score (nSPS) is 16.3. The molecule has 0 aromatic heterocycles. The molecule has 2 aromatic carbocycles. The molecular weight excluding hydrogens is 337 g/mol. The predicted molar refractivity (Wildman–Crippen MR) is 96.1 cm³/mol. The summed E-state index contributed by atoms with van der Waals surface area (Å²) in [7, 11) is 0. The van der Waals surface area contributed by atoms with Gasteiger partial charge in [-0.25, -0.2) is 4.39 Å². The Kier molecular flexibility index (Phi) is 6.44. The first-order valence-electron chi connectivity index (χ1n) is 8.72. The summed E-state index contributed by atoms with van der Waals surface area (Å²) in [5, 5.41) is 2.82. The number of amides is 1. The molecule has 2 aromatic rings. The summed E-state index contributed by atoms with van der Waals surface area (Å²) < 4.78 is 29.5. The van der Waals surface area contributed by atoms with Gasteiger partial charge in [-0.15, -0.1) is 0 Å². The molecule has 26 heavy (non-hydrogen) atoms. The van der Waals surface area contributed by atoms with E-state index in [0.717, 1.165) is 19.4 Å². The summed E-state index contributed by atoms with van der Waals surface area (Å²) in [6.45, 7) is 1.53. The fourth-order valence-corrected chi connectivity index (χ4v) is 2.64. The molecule has 1 fully saturated rings. The van der Waals surface area contributed by atoms with Crippen LogP contribution in [0.1, 0.15) is 19.3 Å². The zero-order valence-electron chi connectivity index (χ0n) is 14.4. The molecule has 6 heteroatoms. The highest BCUT2D eigenvalue weighted by Crippen LogP contribution is 2.20. The standard InChI is InChI=1S/C20H22FNO4/c21-15-6-8-17(9-7-15)25-12-10-20(23)22-16-3-1-4-18(13-16)26-14-19-5-2-11-24-19/h1,3-4,6-9,13,19H,2,5,10-12,14H2,(H,22,23). The quantitative estimate of drug-likeness (QED) is 0.779. The van der Waals surface area contributed by atoms with Crippen molar-refractivity contribution in [2.75, 3.05) is 25.1 Å². The molecule has 1 N–H and O–H groups in total. The Bertz CT molecular complexity index is 714. The Balaban J connectivity index is 1.41. The highest BCUT2D eigenvalue weighted by molar-refractivity contribution is 5.90. The number of ether oxygens (including phenoxy) is 3. The van der Waals surface area contributed by atoms with E-state index in [1.165, 1.54) is 24.3 Å². The summed E-state index contributed by atoms with van der Waals surface area (Å²) in [6, 6.07) is 13.0. The van der Waals surface area contributed by atoms with Crippen molar-refractivity contribution < 1.29 is 23.4 Å². The molecule has 0 bridgehead atoms. The topological polar surface area (TPSA) is 56.8 Å². The Morgan fingerprint density at radius 3 is 2.77 bits per heavy atom. The fourth-order valence-electron chi connectivity index (χ4n) is 2.64. The molecule has 3 rings (SSSR count). The Morgan fingerprint density at radius 2 is 2.00 bits per heavy atom. The smallest absolute Gasteiger partial charge is 0.227 e. The minimum Gasteiger partial charge on any atom is -0.493 e. The van der Waals surface area contributed by atoms with Crippen LogP contribution in [0.3, 0.4) is 0 Å². The Labute approximate surface area is 152 Å². The first-order chi connectivity index (χ1) is 12.7. The molecule has 0 saturated carbocycles. The lowest BCUT2D eigenvalue weighted by molar-refractivity contribution is -0.116. The van der Waals surface area contributed by atoms with Crippen molar-refractivity contribution in [3.8, 4) is 11.5 Å². The average molecular weight is 359 g/mol. The third-order valence-electron chi connectivity index (χ3n) is 3.99. The molecule has 1 aliphatic heterocycles. The van der Waals surface area contributed by atoms with Crippen molar-refractivity contribution in [3.63, 3.8) is 0 Å². The third-order valence-corrected chi connectivity index (χ3v) is 3.99. The van der Waals surface area contributed by atoms with E-state index in [2.05, 4.69) is 5.32 Å². The maximum atomic E-state index is 12.8. The molecule has 1 saturated heterocycles. The van der Waals surface area contributed by atoms with E-state index in [-0.39, 0.29) is 30.9 Å². The second kappa shape index (κ2) is 9.20. The van der Waals surface area contributed by atoms with Crippen molar-refractivity contribution in [2.45, 2.75) is 25.4 Å². The van der Waals surface area contributed by atoms with Crippen LogP contribution in [0.5, 0.6) is 11.5 Å². The van der Waals surface area contributed by atoms with Crippen LogP contribution in [0.25, 0.3) is 0 Å². The predicted octanol–water partition coefficient (Wildman–Crippen LogP) is 3.79. The van der Waals surface area contributed by atoms with Crippen LogP contribution in [-0.2, 0) is 9.53 Å². The number of nitrogens with one attached hydrogen (secondary N) is 1. The van der Waals surface area contributed by atoms with E-state index < -0.39 is 0 Å². The lowest BCUT2D eigenvalue weighted by atomic mass is 10.2. The maximum Gasteiger partial charge on any atom is 0.227 e. The van der Waals surface area contributed by atoms with Gasteiger partial charge in [0.15, 0.2) is 0 Å². The van der Waals surface area contributed by atoms with E-state index in [0.29, 0.717) is 23.8 Å². The lowest BCUT2D eigenvalue weighted by Gasteiger charge is -2.12. The fraction of sp³-hybridized carbons (Fsp3) is 0.350. The van der Waals surface area contributed by atoms with E-state index in [1.54, 1.807) is 12.1 Å². The van der Waals surface area contributed by atoms with Crippen molar-refractivity contribution in [2.24, 2.45) is 0 Å². The van der Waals surface area contributed by atoms with Gasteiger partial charge in [0.2, 0.25) is 5.91 Å². The molecule has 0 aliphatic carbocycles. The van der Waals surface area contributed by atoms with Gasteiger partial charge in [0.25, 0.3) is 0 Å². The van der Waals surface area contributed by atoms with Gasteiger partial charge >= 0.3 is 0 Å². The van der Waals surface area contributed by atoms with E-state index in [9.17, 15) is 9.18 Å². The summed E-state index contributed by atoms with van der Waals surface area (Å²) in [5.74, 6) is 0.740. The molecular formula is C20H22FNO4. The van der Waals surface area contributed by atoms with Crippen LogP contribution in [0.2, 0.25) is 0 Å². The van der Waals surface area contributed by atoms with Crippen molar-refractivity contribution >= 4 is 11.6 Å². The van der Waals surface area contributed by atoms with Crippen molar-refractivity contribution in [1.29, 1.82) is 0 Å². The van der Waals surface area contributed by atoms with Gasteiger partial charge in [0.1, 0.15) is 23.9 Å². The number of hydrogen-bond acceptors (Lipinski definition) is 4. The highest BCUT2D eigenvalue weighted by atomic mass is 19.1. The van der Waals surface area contributed by atoms with Crippen molar-refractivity contribution in [1.82, 2.24) is 0 Å². The van der Waals surface area contributed by atoms with Gasteiger partial charge in [0.05, 0.1) is 19.1 Å². The van der Waals surface area contributed by atoms with Gasteiger partial charge in [-0.2, -0.15) is 0 Å². The minimum atomic E-state index is -0.323. The average Bonchev–Trinajstić information content (AvgIpc) is 3.16. The SMILES string of the molecule is O=C(CCOc1ccc(F)cc1)Nc1cccc(OCC2CCCO2)c1. The minimum absolute atomic E-state index is 0.150. The van der Waals surface area contributed by atoms with Gasteiger partial charge < -0.3 is 19.5 Å². The Hall–Kier alpha value is -2.60.